The van der Waals surface area contributed by atoms with Crippen LogP contribution in [0.3, 0.4) is 0 Å². The Bertz CT molecular complexity index is 564. The number of likely N-dealkylation sites (N-methyl/N-ethyl adjacent to an activating group) is 1. The van der Waals surface area contributed by atoms with Crippen LogP contribution in [0.5, 0.6) is 0 Å². The summed E-state index contributed by atoms with van der Waals surface area (Å²) >= 11 is 0. The van der Waals surface area contributed by atoms with Crippen LogP contribution in [0.2, 0.25) is 0 Å². The summed E-state index contributed by atoms with van der Waals surface area (Å²) in [6.07, 6.45) is 0.228. The molecule has 0 saturated carbocycles. The number of aromatic nitrogens is 2. The topological polar surface area (TPSA) is 67.3 Å². The molecule has 1 unspecified atom stereocenters. The van der Waals surface area contributed by atoms with Crippen LogP contribution in [0.15, 0.2) is 18.2 Å². The molecule has 5 heteroatoms. The van der Waals surface area contributed by atoms with Crippen molar-refractivity contribution in [2.45, 2.75) is 19.4 Å². The Labute approximate surface area is 113 Å². The van der Waals surface area contributed by atoms with Gasteiger partial charge in [-0.1, -0.05) is 0 Å². The Balaban J connectivity index is 2.21. The predicted molar refractivity (Wildman–Crippen MR) is 78.4 cm³/mol. The molecule has 1 aromatic carbocycles. The normalized spacial score (nSPS) is 12.9. The van der Waals surface area contributed by atoms with E-state index in [4.69, 9.17) is 5.73 Å². The van der Waals surface area contributed by atoms with Crippen LogP contribution in [0, 0.1) is 6.92 Å². The van der Waals surface area contributed by atoms with Crippen LogP contribution in [0.25, 0.3) is 11.0 Å². The van der Waals surface area contributed by atoms with Crippen molar-refractivity contribution in [2.24, 2.45) is 12.8 Å². The van der Waals surface area contributed by atoms with Crippen molar-refractivity contribution >= 4 is 16.7 Å². The van der Waals surface area contributed by atoms with Crippen molar-refractivity contribution in [3.63, 3.8) is 0 Å². The first kappa shape index (κ1) is 13.8. The molecule has 5 nitrogen and oxygen atoms in total. The van der Waals surface area contributed by atoms with Gasteiger partial charge in [-0.3, -0.25) is 0 Å². The Kier molecular flexibility index (Phi) is 4.07. The number of rotatable bonds is 5. The van der Waals surface area contributed by atoms with Crippen molar-refractivity contribution in [1.29, 1.82) is 0 Å². The Morgan fingerprint density at radius 3 is 2.89 bits per heavy atom. The average molecular weight is 262 g/mol. The lowest BCUT2D eigenvalue weighted by molar-refractivity contribution is 0.174. The number of imidazole rings is 1. The molecule has 0 aliphatic carbocycles. The molecule has 0 spiro atoms. The zero-order valence-electron chi connectivity index (χ0n) is 11.8. The summed E-state index contributed by atoms with van der Waals surface area (Å²) in [6.45, 7) is 3.08. The highest BCUT2D eigenvalue weighted by atomic mass is 16.3. The molecule has 0 saturated heterocycles. The fourth-order valence-corrected chi connectivity index (χ4v) is 2.25. The van der Waals surface area contributed by atoms with E-state index in [2.05, 4.69) is 27.8 Å². The first-order valence-electron chi connectivity index (χ1n) is 6.55. The maximum atomic E-state index is 9.80. The molecule has 0 aliphatic rings. The lowest BCUT2D eigenvalue weighted by Crippen LogP contribution is -2.30. The van der Waals surface area contributed by atoms with Gasteiger partial charge in [0.2, 0.25) is 0 Å². The fourth-order valence-electron chi connectivity index (χ4n) is 2.25. The quantitative estimate of drug-likeness (QED) is 0.844. The first-order chi connectivity index (χ1) is 9.02. The molecule has 1 atom stereocenters. The summed E-state index contributed by atoms with van der Waals surface area (Å²) in [5, 5.41) is 9.80. The van der Waals surface area contributed by atoms with Gasteiger partial charge in [-0.05, 0) is 38.1 Å². The van der Waals surface area contributed by atoms with Crippen molar-refractivity contribution in [3.8, 4) is 0 Å². The van der Waals surface area contributed by atoms with E-state index in [1.54, 1.807) is 0 Å². The largest absolute Gasteiger partial charge is 0.391 e. The van der Waals surface area contributed by atoms with E-state index in [1.165, 1.54) is 0 Å². The van der Waals surface area contributed by atoms with Crippen LogP contribution in [0.1, 0.15) is 12.2 Å². The summed E-state index contributed by atoms with van der Waals surface area (Å²) in [4.78, 5) is 6.56. The smallest absolute Gasteiger partial charge is 0.106 e. The highest BCUT2D eigenvalue weighted by Gasteiger charge is 2.10. The molecule has 0 bridgehead atoms. The maximum Gasteiger partial charge on any atom is 0.106 e. The first-order valence-corrected chi connectivity index (χ1v) is 6.55. The van der Waals surface area contributed by atoms with Crippen LogP contribution in [-0.2, 0) is 7.05 Å². The molecule has 0 amide bonds. The molecule has 1 heterocycles. The van der Waals surface area contributed by atoms with Crippen LogP contribution in [-0.4, -0.2) is 40.9 Å². The third kappa shape index (κ3) is 2.88. The standard InChI is InChI=1S/C14H22N4O/c1-10-16-13-8-11(4-5-14(13)18(10)3)17(2)9-12(19)6-7-15/h4-5,8,12,19H,6-7,9,15H2,1-3H3. The van der Waals surface area contributed by atoms with Gasteiger partial charge in [-0.25, -0.2) is 4.98 Å². The van der Waals surface area contributed by atoms with Crippen LogP contribution >= 0.6 is 0 Å². The second kappa shape index (κ2) is 5.59. The molecule has 1 aromatic heterocycles. The van der Waals surface area contributed by atoms with Crippen molar-refractivity contribution in [1.82, 2.24) is 9.55 Å². The van der Waals surface area contributed by atoms with E-state index in [0.717, 1.165) is 22.5 Å². The number of aliphatic hydroxyl groups excluding tert-OH is 1. The van der Waals surface area contributed by atoms with E-state index >= 15 is 0 Å². The number of fused-ring (bicyclic) bond motifs is 1. The molecular formula is C14H22N4O. The third-order valence-corrected chi connectivity index (χ3v) is 3.51. The van der Waals surface area contributed by atoms with Gasteiger partial charge in [0, 0.05) is 26.3 Å². The Hall–Kier alpha value is -1.59. The zero-order chi connectivity index (χ0) is 14.0. The number of benzene rings is 1. The molecule has 2 aromatic rings. The van der Waals surface area contributed by atoms with Crippen LogP contribution in [0.4, 0.5) is 5.69 Å². The van der Waals surface area contributed by atoms with Gasteiger partial charge in [-0.2, -0.15) is 0 Å². The SMILES string of the molecule is Cc1nc2cc(N(C)CC(O)CCN)ccc2n1C. The van der Waals surface area contributed by atoms with Gasteiger partial charge < -0.3 is 20.3 Å². The van der Waals surface area contributed by atoms with Gasteiger partial charge in [0.1, 0.15) is 5.82 Å². The number of aliphatic hydroxyl groups is 1. The molecule has 0 radical (unpaired) electrons. The Morgan fingerprint density at radius 2 is 2.21 bits per heavy atom. The van der Waals surface area contributed by atoms with E-state index in [1.807, 2.05) is 25.9 Å². The Morgan fingerprint density at radius 1 is 1.47 bits per heavy atom. The second-order valence-corrected chi connectivity index (χ2v) is 5.00. The summed E-state index contributed by atoms with van der Waals surface area (Å²) in [7, 11) is 3.98. The number of hydrogen-bond donors (Lipinski definition) is 2. The molecule has 19 heavy (non-hydrogen) atoms. The van der Waals surface area contributed by atoms with Gasteiger partial charge in [-0.15, -0.1) is 0 Å². The number of nitrogens with two attached hydrogens (primary N) is 1. The van der Waals surface area contributed by atoms with E-state index in [9.17, 15) is 5.11 Å². The van der Waals surface area contributed by atoms with Crippen molar-refractivity contribution in [2.75, 3.05) is 25.0 Å². The lowest BCUT2D eigenvalue weighted by Gasteiger charge is -2.22. The van der Waals surface area contributed by atoms with Crippen molar-refractivity contribution in [3.05, 3.63) is 24.0 Å². The second-order valence-electron chi connectivity index (χ2n) is 5.00. The highest BCUT2D eigenvalue weighted by molar-refractivity contribution is 5.80. The van der Waals surface area contributed by atoms with E-state index < -0.39 is 6.10 Å². The summed E-state index contributed by atoms with van der Waals surface area (Å²) < 4.78 is 2.07. The minimum atomic E-state index is -0.392. The van der Waals surface area contributed by atoms with Gasteiger partial charge in [0.15, 0.2) is 0 Å². The minimum absolute atomic E-state index is 0.392. The van der Waals surface area contributed by atoms with E-state index in [-0.39, 0.29) is 0 Å². The molecular weight excluding hydrogens is 240 g/mol. The van der Waals surface area contributed by atoms with Crippen molar-refractivity contribution < 1.29 is 5.11 Å². The maximum absolute atomic E-state index is 9.80. The molecule has 0 aliphatic heterocycles. The molecule has 3 N–H and O–H groups in total. The average Bonchev–Trinajstić information content (AvgIpc) is 2.65. The zero-order valence-corrected chi connectivity index (χ0v) is 11.8. The third-order valence-electron chi connectivity index (χ3n) is 3.51. The number of anilines is 1. The predicted octanol–water partition coefficient (Wildman–Crippen LogP) is 1.03. The number of aryl methyl sites for hydroxylation is 2. The molecule has 0 fully saturated rings. The molecule has 2 rings (SSSR count). The van der Waals surface area contributed by atoms with Gasteiger partial charge >= 0.3 is 0 Å². The number of nitrogens with zero attached hydrogens (tertiary/aromatic N) is 3. The van der Waals surface area contributed by atoms with Crippen LogP contribution < -0.4 is 10.6 Å². The molecule has 104 valence electrons. The highest BCUT2D eigenvalue weighted by Crippen LogP contribution is 2.21. The lowest BCUT2D eigenvalue weighted by atomic mass is 10.2. The minimum Gasteiger partial charge on any atom is -0.391 e. The monoisotopic (exact) mass is 262 g/mol. The summed E-state index contributed by atoms with van der Waals surface area (Å²) in [6, 6.07) is 6.17. The summed E-state index contributed by atoms with van der Waals surface area (Å²) in [5.41, 5.74) is 8.61. The van der Waals surface area contributed by atoms with Gasteiger partial charge in [0.05, 0.1) is 17.1 Å². The van der Waals surface area contributed by atoms with Gasteiger partial charge in [0.25, 0.3) is 0 Å². The van der Waals surface area contributed by atoms with E-state index in [0.29, 0.717) is 19.5 Å². The fraction of sp³-hybridized carbons (Fsp3) is 0.500. The summed E-state index contributed by atoms with van der Waals surface area (Å²) in [5.74, 6) is 0.998. The number of hydrogen-bond acceptors (Lipinski definition) is 4.